The lowest BCUT2D eigenvalue weighted by Crippen LogP contribution is -2.03. The Hall–Kier alpha value is -5.49. The largest absolute Gasteiger partial charge is 0.294 e. The molecule has 0 saturated heterocycles. The van der Waals surface area contributed by atoms with Crippen molar-refractivity contribution in [2.45, 2.75) is 33.6 Å². The van der Waals surface area contributed by atoms with Gasteiger partial charge in [-0.05, 0) is 78.9 Å². The molecular formula is C46H39N3S2. The first-order chi connectivity index (χ1) is 25.2. The van der Waals surface area contributed by atoms with Crippen LogP contribution in [0.4, 0.5) is 0 Å². The van der Waals surface area contributed by atoms with Gasteiger partial charge in [0, 0.05) is 53.0 Å². The van der Waals surface area contributed by atoms with E-state index < -0.39 is 0 Å². The van der Waals surface area contributed by atoms with E-state index in [2.05, 4.69) is 151 Å². The minimum absolute atomic E-state index is 0.893. The molecule has 250 valence electrons. The monoisotopic (exact) mass is 697 g/mol. The number of pyridine rings is 1. The van der Waals surface area contributed by atoms with E-state index in [4.69, 9.17) is 4.98 Å². The molecule has 5 heterocycles. The standard InChI is InChI=1S/C44H33N3S2.C2H6/c1-4-7-16-29-27-46(44-43(29)31(6-3)38(49-44)15-5-2)41-23-30(28-17-9-8-10-18-28)24-42(45-41)47-36-21-13-11-19-32(36)34-25-35-33-20-12-14-22-39(33)48-40(35)26-37(34)47;1-2/h4-6,8-15,17-27H,1,3,7,16H2,2H3;1-2H3/b15-5-;. The molecule has 0 unspecified atom stereocenters. The van der Waals surface area contributed by atoms with Gasteiger partial charge in [0.05, 0.1) is 11.0 Å². The van der Waals surface area contributed by atoms with Gasteiger partial charge in [-0.15, -0.1) is 29.3 Å². The molecule has 51 heavy (non-hydrogen) atoms. The number of fused-ring (bicyclic) bond motifs is 7. The third kappa shape index (κ3) is 5.45. The minimum Gasteiger partial charge on any atom is -0.294 e. The minimum atomic E-state index is 0.893. The van der Waals surface area contributed by atoms with Crippen LogP contribution in [0.15, 0.2) is 135 Å². The second-order valence-electron chi connectivity index (χ2n) is 12.4. The van der Waals surface area contributed by atoms with E-state index in [9.17, 15) is 0 Å². The topological polar surface area (TPSA) is 22.8 Å². The van der Waals surface area contributed by atoms with Crippen LogP contribution in [-0.4, -0.2) is 14.1 Å². The van der Waals surface area contributed by atoms with Crippen molar-refractivity contribution in [3.05, 3.63) is 151 Å². The van der Waals surface area contributed by atoms with Crippen LogP contribution in [0.25, 0.3) is 87.1 Å². The fraction of sp³-hybridized carbons (Fsp3) is 0.109. The van der Waals surface area contributed by atoms with Crippen molar-refractivity contribution >= 4 is 87.0 Å². The first kappa shape index (κ1) is 32.7. The molecule has 0 bridgehead atoms. The molecule has 0 fully saturated rings. The van der Waals surface area contributed by atoms with Crippen molar-refractivity contribution in [2.75, 3.05) is 0 Å². The summed E-state index contributed by atoms with van der Waals surface area (Å²) in [7, 11) is 0. The maximum atomic E-state index is 5.52. The first-order valence-electron chi connectivity index (χ1n) is 17.6. The zero-order valence-electron chi connectivity index (χ0n) is 29.2. The maximum absolute atomic E-state index is 5.52. The SMILES string of the molecule is C=CCCc1cn(-c2cc(-c3ccccc3)cc(-n3c4ccccc4c4cc5c(cc43)sc3ccccc35)n2)c2sc(/C=C\C)c(C=C)c12.CC. The Balaban J connectivity index is 0.00000184. The van der Waals surface area contributed by atoms with Crippen LogP contribution in [0.3, 0.4) is 0 Å². The lowest BCUT2D eigenvalue weighted by molar-refractivity contribution is 0.970. The summed E-state index contributed by atoms with van der Waals surface area (Å²) in [6.07, 6.45) is 12.4. The molecule has 5 aromatic heterocycles. The summed E-state index contributed by atoms with van der Waals surface area (Å²) >= 11 is 3.65. The van der Waals surface area contributed by atoms with E-state index in [0.29, 0.717) is 0 Å². The average molecular weight is 698 g/mol. The third-order valence-corrected chi connectivity index (χ3v) is 11.8. The molecule has 0 saturated carbocycles. The summed E-state index contributed by atoms with van der Waals surface area (Å²) in [5, 5.41) is 6.33. The van der Waals surface area contributed by atoms with E-state index in [1.54, 1.807) is 11.3 Å². The number of rotatable bonds is 8. The Morgan fingerprint density at radius 2 is 1.45 bits per heavy atom. The van der Waals surface area contributed by atoms with Crippen LogP contribution in [0.5, 0.6) is 0 Å². The second-order valence-corrected chi connectivity index (χ2v) is 14.5. The van der Waals surface area contributed by atoms with Crippen LogP contribution in [0.2, 0.25) is 0 Å². The van der Waals surface area contributed by atoms with Gasteiger partial charge in [-0.2, -0.15) is 0 Å². The van der Waals surface area contributed by atoms with Gasteiger partial charge in [-0.3, -0.25) is 9.13 Å². The molecule has 0 aliphatic rings. The number of hydrogen-bond acceptors (Lipinski definition) is 3. The molecule has 0 aliphatic carbocycles. The number of nitrogens with zero attached hydrogens (tertiary/aromatic N) is 3. The third-order valence-electron chi connectivity index (χ3n) is 9.47. The molecule has 3 nitrogen and oxygen atoms in total. The highest BCUT2D eigenvalue weighted by Gasteiger charge is 2.21. The average Bonchev–Trinajstić information content (AvgIpc) is 3.92. The molecular weight excluding hydrogens is 659 g/mol. The summed E-state index contributed by atoms with van der Waals surface area (Å²) in [5.41, 5.74) is 7.06. The Labute approximate surface area is 306 Å². The zero-order chi connectivity index (χ0) is 35.1. The van der Waals surface area contributed by atoms with Crippen LogP contribution in [0, 0.1) is 0 Å². The summed E-state index contributed by atoms with van der Waals surface area (Å²) in [4.78, 5) is 7.92. The molecule has 0 amide bonds. The van der Waals surface area contributed by atoms with E-state index in [1.165, 1.54) is 57.2 Å². The lowest BCUT2D eigenvalue weighted by Gasteiger charge is -2.13. The Bertz CT molecular complexity index is 2770. The van der Waals surface area contributed by atoms with Gasteiger partial charge in [0.15, 0.2) is 0 Å². The van der Waals surface area contributed by atoms with Crippen LogP contribution in [-0.2, 0) is 6.42 Å². The fourth-order valence-corrected chi connectivity index (χ4v) is 9.69. The number of benzene rings is 4. The van der Waals surface area contributed by atoms with Gasteiger partial charge < -0.3 is 0 Å². The molecule has 0 aliphatic heterocycles. The van der Waals surface area contributed by atoms with E-state index in [0.717, 1.165) is 46.6 Å². The predicted molar refractivity (Wildman–Crippen MR) is 226 cm³/mol. The van der Waals surface area contributed by atoms with Crippen molar-refractivity contribution in [3.8, 4) is 22.8 Å². The normalized spacial score (nSPS) is 11.7. The summed E-state index contributed by atoms with van der Waals surface area (Å²) in [6.45, 7) is 14.3. The van der Waals surface area contributed by atoms with E-state index >= 15 is 0 Å². The molecule has 0 spiro atoms. The van der Waals surface area contributed by atoms with Crippen LogP contribution in [0.1, 0.15) is 43.2 Å². The van der Waals surface area contributed by atoms with Gasteiger partial charge in [0.25, 0.3) is 0 Å². The van der Waals surface area contributed by atoms with Crippen molar-refractivity contribution < 1.29 is 0 Å². The van der Waals surface area contributed by atoms with Crippen molar-refractivity contribution in [2.24, 2.45) is 0 Å². The molecule has 9 rings (SSSR count). The van der Waals surface area contributed by atoms with Gasteiger partial charge in [0.1, 0.15) is 16.5 Å². The van der Waals surface area contributed by atoms with Gasteiger partial charge in [0.2, 0.25) is 0 Å². The predicted octanol–water partition coefficient (Wildman–Crippen LogP) is 14.0. The Kier molecular flexibility index (Phi) is 8.77. The Morgan fingerprint density at radius 1 is 0.706 bits per heavy atom. The van der Waals surface area contributed by atoms with Gasteiger partial charge in [-0.1, -0.05) is 105 Å². The number of allylic oxidation sites excluding steroid dienone is 2. The summed E-state index contributed by atoms with van der Waals surface area (Å²) in [5.74, 6) is 1.79. The summed E-state index contributed by atoms with van der Waals surface area (Å²) in [6, 6.07) is 37.3. The first-order valence-corrected chi connectivity index (χ1v) is 19.3. The number of aryl methyl sites for hydroxylation is 1. The summed E-state index contributed by atoms with van der Waals surface area (Å²) < 4.78 is 7.25. The number of para-hydroxylation sites is 1. The fourth-order valence-electron chi connectivity index (χ4n) is 7.27. The quantitative estimate of drug-likeness (QED) is 0.145. The Morgan fingerprint density at radius 3 is 2.24 bits per heavy atom. The van der Waals surface area contributed by atoms with Gasteiger partial charge >= 0.3 is 0 Å². The molecule has 5 heteroatoms. The molecule has 4 aromatic carbocycles. The maximum Gasteiger partial charge on any atom is 0.140 e. The van der Waals surface area contributed by atoms with Gasteiger partial charge in [-0.25, -0.2) is 4.98 Å². The zero-order valence-corrected chi connectivity index (χ0v) is 30.8. The second kappa shape index (κ2) is 13.7. The van der Waals surface area contributed by atoms with Crippen molar-refractivity contribution in [1.82, 2.24) is 14.1 Å². The smallest absolute Gasteiger partial charge is 0.140 e. The highest BCUT2D eigenvalue weighted by Crippen LogP contribution is 2.42. The molecule has 9 aromatic rings. The number of hydrogen-bond donors (Lipinski definition) is 0. The highest BCUT2D eigenvalue weighted by molar-refractivity contribution is 7.25. The molecule has 0 N–H and O–H groups in total. The van der Waals surface area contributed by atoms with Crippen molar-refractivity contribution in [1.29, 1.82) is 0 Å². The van der Waals surface area contributed by atoms with E-state index in [1.807, 2.05) is 37.3 Å². The van der Waals surface area contributed by atoms with Crippen molar-refractivity contribution in [3.63, 3.8) is 0 Å². The van der Waals surface area contributed by atoms with Crippen LogP contribution < -0.4 is 0 Å². The molecule has 0 atom stereocenters. The number of thiophene rings is 2. The molecule has 0 radical (unpaired) electrons. The van der Waals surface area contributed by atoms with E-state index in [-0.39, 0.29) is 0 Å². The van der Waals surface area contributed by atoms with Crippen LogP contribution >= 0.6 is 22.7 Å². The highest BCUT2D eigenvalue weighted by atomic mass is 32.1. The number of aromatic nitrogens is 3. The lowest BCUT2D eigenvalue weighted by atomic mass is 10.1.